The summed E-state index contributed by atoms with van der Waals surface area (Å²) in [5.74, 6) is 0. The van der Waals surface area contributed by atoms with Gasteiger partial charge in [-0.1, -0.05) is 57.2 Å². The van der Waals surface area contributed by atoms with E-state index in [2.05, 4.69) is 79.9 Å². The van der Waals surface area contributed by atoms with Gasteiger partial charge in [0.2, 0.25) is 0 Å². The second kappa shape index (κ2) is 5.13. The van der Waals surface area contributed by atoms with Gasteiger partial charge in [-0.3, -0.25) is 0 Å². The SMILES string of the molecule is CC(C)(C)c1ccc2c3ccc(N)cc3n(-c3ccccc3)c2c1. The first-order valence-corrected chi connectivity index (χ1v) is 8.35. The zero-order chi connectivity index (χ0) is 16.9. The summed E-state index contributed by atoms with van der Waals surface area (Å²) in [5, 5.41) is 2.50. The minimum atomic E-state index is 0.116. The molecule has 2 N–H and O–H groups in total. The molecule has 1 heterocycles. The molecule has 4 aromatic rings. The van der Waals surface area contributed by atoms with E-state index in [0.29, 0.717) is 0 Å². The van der Waals surface area contributed by atoms with Crippen LogP contribution in [0.3, 0.4) is 0 Å². The molecule has 120 valence electrons. The number of hydrogen-bond acceptors (Lipinski definition) is 1. The molecule has 2 heteroatoms. The van der Waals surface area contributed by atoms with Crippen molar-refractivity contribution in [2.24, 2.45) is 0 Å². The average molecular weight is 314 g/mol. The molecule has 0 amide bonds. The third kappa shape index (κ3) is 2.26. The third-order valence-corrected chi connectivity index (χ3v) is 4.67. The second-order valence-electron chi connectivity index (χ2n) is 7.43. The predicted molar refractivity (Wildman–Crippen MR) is 104 cm³/mol. The number of rotatable bonds is 1. The Hall–Kier alpha value is -2.74. The lowest BCUT2D eigenvalue weighted by atomic mass is 9.86. The molecule has 0 radical (unpaired) electrons. The summed E-state index contributed by atoms with van der Waals surface area (Å²) in [6, 6.07) is 23.5. The van der Waals surface area contributed by atoms with Crippen LogP contribution in [0.1, 0.15) is 26.3 Å². The largest absolute Gasteiger partial charge is 0.399 e. The van der Waals surface area contributed by atoms with Crippen LogP contribution in [0.25, 0.3) is 27.5 Å². The van der Waals surface area contributed by atoms with Gasteiger partial charge in [0, 0.05) is 22.1 Å². The van der Waals surface area contributed by atoms with E-state index in [0.717, 1.165) is 16.9 Å². The van der Waals surface area contributed by atoms with Crippen LogP contribution >= 0.6 is 0 Å². The standard InChI is InChI=1S/C22H22N2/c1-22(2,3)15-9-11-18-19-12-10-16(23)14-21(19)24(20(18)13-15)17-7-5-4-6-8-17/h4-14H,23H2,1-3H3. The summed E-state index contributed by atoms with van der Waals surface area (Å²) < 4.78 is 2.32. The van der Waals surface area contributed by atoms with Crippen molar-refractivity contribution in [3.8, 4) is 5.69 Å². The average Bonchev–Trinajstić information content (AvgIpc) is 2.87. The number of nitrogens with two attached hydrogens (primary N) is 1. The summed E-state index contributed by atoms with van der Waals surface area (Å²) in [4.78, 5) is 0. The van der Waals surface area contributed by atoms with Crippen molar-refractivity contribution in [1.82, 2.24) is 4.57 Å². The van der Waals surface area contributed by atoms with E-state index >= 15 is 0 Å². The van der Waals surface area contributed by atoms with Gasteiger partial charge in [0.15, 0.2) is 0 Å². The molecule has 0 spiro atoms. The number of aromatic nitrogens is 1. The lowest BCUT2D eigenvalue weighted by Gasteiger charge is -2.19. The number of para-hydroxylation sites is 1. The van der Waals surface area contributed by atoms with E-state index in [4.69, 9.17) is 5.73 Å². The molecule has 0 aliphatic carbocycles. The molecule has 0 unspecified atom stereocenters. The van der Waals surface area contributed by atoms with Crippen molar-refractivity contribution in [3.63, 3.8) is 0 Å². The van der Waals surface area contributed by atoms with Crippen LogP contribution in [0.2, 0.25) is 0 Å². The van der Waals surface area contributed by atoms with E-state index < -0.39 is 0 Å². The maximum absolute atomic E-state index is 6.08. The number of fused-ring (bicyclic) bond motifs is 3. The molecule has 0 bridgehead atoms. The van der Waals surface area contributed by atoms with Gasteiger partial charge >= 0.3 is 0 Å². The number of nitrogens with zero attached hydrogens (tertiary/aromatic N) is 1. The molecular weight excluding hydrogens is 292 g/mol. The number of hydrogen-bond donors (Lipinski definition) is 1. The van der Waals surface area contributed by atoms with E-state index in [1.807, 2.05) is 12.1 Å². The molecule has 4 rings (SSSR count). The first-order chi connectivity index (χ1) is 11.4. The molecule has 0 aliphatic heterocycles. The van der Waals surface area contributed by atoms with E-state index in [-0.39, 0.29) is 5.41 Å². The Morgan fingerprint density at radius 1 is 0.750 bits per heavy atom. The molecule has 0 aliphatic rings. The van der Waals surface area contributed by atoms with E-state index in [1.165, 1.54) is 21.9 Å². The quantitative estimate of drug-likeness (QED) is 0.451. The first-order valence-electron chi connectivity index (χ1n) is 8.35. The molecule has 24 heavy (non-hydrogen) atoms. The summed E-state index contributed by atoms with van der Waals surface area (Å²) >= 11 is 0. The fourth-order valence-corrected chi connectivity index (χ4v) is 3.36. The summed E-state index contributed by atoms with van der Waals surface area (Å²) in [5.41, 5.74) is 11.9. The Balaban J connectivity index is 2.17. The topological polar surface area (TPSA) is 30.9 Å². The smallest absolute Gasteiger partial charge is 0.0561 e. The van der Waals surface area contributed by atoms with Gasteiger partial charge in [0.05, 0.1) is 11.0 Å². The van der Waals surface area contributed by atoms with Crippen LogP contribution in [0.4, 0.5) is 5.69 Å². The molecule has 0 fully saturated rings. The second-order valence-corrected chi connectivity index (χ2v) is 7.43. The predicted octanol–water partition coefficient (Wildman–Crippen LogP) is 5.66. The Morgan fingerprint density at radius 3 is 2.04 bits per heavy atom. The molecule has 1 aromatic heterocycles. The Kier molecular flexibility index (Phi) is 3.17. The van der Waals surface area contributed by atoms with Crippen LogP contribution in [0, 0.1) is 0 Å². The van der Waals surface area contributed by atoms with E-state index in [9.17, 15) is 0 Å². The van der Waals surface area contributed by atoms with Gasteiger partial charge in [-0.25, -0.2) is 0 Å². The summed E-state index contributed by atoms with van der Waals surface area (Å²) in [7, 11) is 0. The molecule has 2 nitrogen and oxygen atoms in total. The van der Waals surface area contributed by atoms with Crippen molar-refractivity contribution in [3.05, 3.63) is 72.3 Å². The van der Waals surface area contributed by atoms with Crippen molar-refractivity contribution in [2.45, 2.75) is 26.2 Å². The van der Waals surface area contributed by atoms with Crippen molar-refractivity contribution in [2.75, 3.05) is 5.73 Å². The summed E-state index contributed by atoms with van der Waals surface area (Å²) in [6.45, 7) is 6.75. The Bertz CT molecular complexity index is 1030. The fourth-order valence-electron chi connectivity index (χ4n) is 3.36. The highest BCUT2D eigenvalue weighted by molar-refractivity contribution is 6.10. The highest BCUT2D eigenvalue weighted by Crippen LogP contribution is 2.35. The first kappa shape index (κ1) is 14.8. The Morgan fingerprint density at radius 2 is 1.38 bits per heavy atom. The monoisotopic (exact) mass is 314 g/mol. The van der Waals surface area contributed by atoms with Crippen LogP contribution < -0.4 is 5.73 Å². The Labute approximate surface area is 142 Å². The molecule has 3 aromatic carbocycles. The number of benzene rings is 3. The third-order valence-electron chi connectivity index (χ3n) is 4.67. The van der Waals surface area contributed by atoms with E-state index in [1.54, 1.807) is 0 Å². The highest BCUT2D eigenvalue weighted by Gasteiger charge is 2.18. The minimum Gasteiger partial charge on any atom is -0.399 e. The molecule has 0 saturated heterocycles. The van der Waals surface area contributed by atoms with Crippen LogP contribution in [-0.4, -0.2) is 4.57 Å². The molecule has 0 saturated carbocycles. The van der Waals surface area contributed by atoms with Gasteiger partial charge < -0.3 is 10.3 Å². The van der Waals surface area contributed by atoms with Crippen molar-refractivity contribution < 1.29 is 0 Å². The maximum atomic E-state index is 6.08. The zero-order valence-electron chi connectivity index (χ0n) is 14.4. The lowest BCUT2D eigenvalue weighted by Crippen LogP contribution is -2.10. The van der Waals surface area contributed by atoms with Gasteiger partial charge in [-0.2, -0.15) is 0 Å². The number of anilines is 1. The highest BCUT2D eigenvalue weighted by atomic mass is 15.0. The lowest BCUT2D eigenvalue weighted by molar-refractivity contribution is 0.591. The van der Waals surface area contributed by atoms with Gasteiger partial charge in [0.25, 0.3) is 0 Å². The number of nitrogen functional groups attached to an aromatic ring is 1. The maximum Gasteiger partial charge on any atom is 0.0561 e. The zero-order valence-corrected chi connectivity index (χ0v) is 14.4. The summed E-state index contributed by atoms with van der Waals surface area (Å²) in [6.07, 6.45) is 0. The van der Waals surface area contributed by atoms with Gasteiger partial charge in [0.1, 0.15) is 0 Å². The van der Waals surface area contributed by atoms with Gasteiger partial charge in [-0.05, 0) is 41.3 Å². The minimum absolute atomic E-state index is 0.116. The van der Waals surface area contributed by atoms with Crippen LogP contribution in [0.15, 0.2) is 66.7 Å². The van der Waals surface area contributed by atoms with Crippen LogP contribution in [-0.2, 0) is 5.41 Å². The van der Waals surface area contributed by atoms with Gasteiger partial charge in [-0.15, -0.1) is 0 Å². The molecule has 0 atom stereocenters. The fraction of sp³-hybridized carbons (Fsp3) is 0.182. The molecular formula is C22H22N2. The van der Waals surface area contributed by atoms with Crippen molar-refractivity contribution >= 4 is 27.5 Å². The normalized spacial score (nSPS) is 12.1. The van der Waals surface area contributed by atoms with Crippen molar-refractivity contribution in [1.29, 1.82) is 0 Å². The van der Waals surface area contributed by atoms with Crippen LogP contribution in [0.5, 0.6) is 0 Å².